The number of hydrogen-bond acceptors (Lipinski definition) is 4. The number of ether oxygens (including phenoxy) is 1. The lowest BCUT2D eigenvalue weighted by Crippen LogP contribution is -1.96. The lowest BCUT2D eigenvalue weighted by atomic mass is 10.1. The first kappa shape index (κ1) is 13.1. The summed E-state index contributed by atoms with van der Waals surface area (Å²) in [4.78, 5) is 15.0. The van der Waals surface area contributed by atoms with Crippen LogP contribution in [0.1, 0.15) is 27.7 Å². The number of carboxylic acids is 1. The van der Waals surface area contributed by atoms with Crippen LogP contribution in [0.5, 0.6) is 5.75 Å². The maximum atomic E-state index is 10.9. The summed E-state index contributed by atoms with van der Waals surface area (Å²) >= 11 is 0. The molecular formula is C14H15NO4. The van der Waals surface area contributed by atoms with E-state index in [-0.39, 0.29) is 5.76 Å². The van der Waals surface area contributed by atoms with Crippen LogP contribution in [0.15, 0.2) is 28.7 Å². The molecule has 0 fully saturated rings. The van der Waals surface area contributed by atoms with Crippen LogP contribution in [0.4, 0.5) is 0 Å². The van der Waals surface area contributed by atoms with Crippen molar-refractivity contribution in [2.24, 2.45) is 0 Å². The van der Waals surface area contributed by atoms with E-state index in [4.69, 9.17) is 14.3 Å². The molecule has 1 aromatic carbocycles. The van der Waals surface area contributed by atoms with E-state index in [2.05, 4.69) is 4.98 Å². The van der Waals surface area contributed by atoms with E-state index in [1.54, 1.807) is 14.0 Å². The minimum atomic E-state index is -1.09. The van der Waals surface area contributed by atoms with E-state index < -0.39 is 5.97 Å². The molecule has 0 amide bonds. The average Bonchev–Trinajstić information content (AvgIpc) is 2.78. The third-order valence-electron chi connectivity index (χ3n) is 2.84. The predicted molar refractivity (Wildman–Crippen MR) is 68.6 cm³/mol. The number of carboxylic acid groups (broad SMARTS) is 1. The van der Waals surface area contributed by atoms with Crippen LogP contribution in [0.3, 0.4) is 0 Å². The van der Waals surface area contributed by atoms with Gasteiger partial charge in [-0.2, -0.15) is 0 Å². The molecule has 0 aliphatic carbocycles. The summed E-state index contributed by atoms with van der Waals surface area (Å²) < 4.78 is 10.5. The lowest BCUT2D eigenvalue weighted by Gasteiger charge is -2.06. The summed E-state index contributed by atoms with van der Waals surface area (Å²) in [7, 11) is 1.62. The first-order chi connectivity index (χ1) is 9.11. The van der Waals surface area contributed by atoms with Crippen LogP contribution in [0, 0.1) is 6.92 Å². The van der Waals surface area contributed by atoms with Gasteiger partial charge in [-0.25, -0.2) is 9.78 Å². The summed E-state index contributed by atoms with van der Waals surface area (Å²) in [5, 5.41) is 8.89. The fraction of sp³-hybridized carbons (Fsp3) is 0.286. The van der Waals surface area contributed by atoms with Gasteiger partial charge in [-0.3, -0.25) is 0 Å². The van der Waals surface area contributed by atoms with Crippen LogP contribution < -0.4 is 4.74 Å². The second kappa shape index (κ2) is 5.56. The number of aryl methyl sites for hydroxylation is 3. The number of aromatic carboxylic acids is 1. The van der Waals surface area contributed by atoms with Gasteiger partial charge in [-0.15, -0.1) is 0 Å². The van der Waals surface area contributed by atoms with Crippen LogP contribution in [0.2, 0.25) is 0 Å². The number of para-hydroxylation sites is 1. The van der Waals surface area contributed by atoms with Crippen molar-refractivity contribution in [1.29, 1.82) is 0 Å². The van der Waals surface area contributed by atoms with Gasteiger partial charge in [0.05, 0.1) is 12.8 Å². The Kier molecular flexibility index (Phi) is 3.85. The van der Waals surface area contributed by atoms with Gasteiger partial charge in [-0.1, -0.05) is 18.2 Å². The van der Waals surface area contributed by atoms with E-state index in [1.165, 1.54) is 0 Å². The normalized spacial score (nSPS) is 10.4. The summed E-state index contributed by atoms with van der Waals surface area (Å²) in [6, 6.07) is 7.69. The molecule has 0 aliphatic heterocycles. The Balaban J connectivity index is 2.10. The molecule has 0 saturated carbocycles. The van der Waals surface area contributed by atoms with Crippen molar-refractivity contribution in [3.63, 3.8) is 0 Å². The first-order valence-electron chi connectivity index (χ1n) is 5.93. The minimum absolute atomic E-state index is 0.0879. The van der Waals surface area contributed by atoms with Gasteiger partial charge in [-0.05, 0) is 25.0 Å². The average molecular weight is 261 g/mol. The SMILES string of the molecule is COc1ccccc1CCc1nc(C)c(C(=O)O)o1. The Hall–Kier alpha value is -2.30. The van der Waals surface area contributed by atoms with Crippen molar-refractivity contribution in [2.45, 2.75) is 19.8 Å². The second-order valence-corrected chi connectivity index (χ2v) is 4.14. The molecule has 0 aliphatic rings. The number of nitrogens with zero attached hydrogens (tertiary/aromatic N) is 1. The first-order valence-corrected chi connectivity index (χ1v) is 5.93. The molecule has 1 N–H and O–H groups in total. The Bertz CT molecular complexity index is 589. The molecular weight excluding hydrogens is 246 g/mol. The molecule has 0 atom stereocenters. The summed E-state index contributed by atoms with van der Waals surface area (Å²) in [5.74, 6) is 0.0635. The molecule has 5 heteroatoms. The molecule has 1 heterocycles. The zero-order valence-corrected chi connectivity index (χ0v) is 10.8. The monoisotopic (exact) mass is 261 g/mol. The predicted octanol–water partition coefficient (Wildman–Crippen LogP) is 2.48. The smallest absolute Gasteiger partial charge is 0.373 e. The number of methoxy groups -OCH3 is 1. The zero-order valence-electron chi connectivity index (χ0n) is 10.8. The molecule has 2 rings (SSSR count). The van der Waals surface area contributed by atoms with E-state index in [1.807, 2.05) is 24.3 Å². The van der Waals surface area contributed by atoms with Crippen LogP contribution in [0.25, 0.3) is 0 Å². The van der Waals surface area contributed by atoms with Gasteiger partial charge < -0.3 is 14.3 Å². The molecule has 0 saturated heterocycles. The minimum Gasteiger partial charge on any atom is -0.496 e. The highest BCUT2D eigenvalue weighted by molar-refractivity contribution is 5.85. The van der Waals surface area contributed by atoms with Gasteiger partial charge in [0.25, 0.3) is 0 Å². The Labute approximate surface area is 110 Å². The zero-order chi connectivity index (χ0) is 13.8. The molecule has 5 nitrogen and oxygen atoms in total. The third-order valence-corrected chi connectivity index (χ3v) is 2.84. The maximum Gasteiger partial charge on any atom is 0.373 e. The van der Waals surface area contributed by atoms with Gasteiger partial charge in [0.2, 0.25) is 5.76 Å². The van der Waals surface area contributed by atoms with Gasteiger partial charge in [0.15, 0.2) is 5.89 Å². The summed E-state index contributed by atoms with van der Waals surface area (Å²) in [5.41, 5.74) is 1.44. The molecule has 0 unspecified atom stereocenters. The topological polar surface area (TPSA) is 72.6 Å². The Morgan fingerprint density at radius 1 is 1.37 bits per heavy atom. The molecule has 0 radical (unpaired) electrons. The quantitative estimate of drug-likeness (QED) is 0.895. The number of oxazole rings is 1. The van der Waals surface area contributed by atoms with Gasteiger partial charge in [0.1, 0.15) is 5.75 Å². The number of aromatic nitrogens is 1. The van der Waals surface area contributed by atoms with Crippen LogP contribution in [-0.2, 0) is 12.8 Å². The number of rotatable bonds is 5. The second-order valence-electron chi connectivity index (χ2n) is 4.14. The van der Waals surface area contributed by atoms with E-state index in [0.717, 1.165) is 11.3 Å². The van der Waals surface area contributed by atoms with Crippen molar-refractivity contribution in [3.8, 4) is 5.75 Å². The Morgan fingerprint density at radius 2 is 2.11 bits per heavy atom. The highest BCUT2D eigenvalue weighted by Crippen LogP contribution is 2.20. The molecule has 0 spiro atoms. The van der Waals surface area contributed by atoms with E-state index in [0.29, 0.717) is 24.4 Å². The van der Waals surface area contributed by atoms with Crippen molar-refractivity contribution in [1.82, 2.24) is 4.98 Å². The summed E-state index contributed by atoms with van der Waals surface area (Å²) in [6.07, 6.45) is 1.22. The fourth-order valence-corrected chi connectivity index (χ4v) is 1.91. The molecule has 1 aromatic heterocycles. The van der Waals surface area contributed by atoms with Gasteiger partial charge >= 0.3 is 5.97 Å². The molecule has 0 bridgehead atoms. The highest BCUT2D eigenvalue weighted by atomic mass is 16.5. The third kappa shape index (κ3) is 2.93. The molecule has 100 valence electrons. The van der Waals surface area contributed by atoms with Crippen molar-refractivity contribution in [3.05, 3.63) is 47.2 Å². The van der Waals surface area contributed by atoms with E-state index >= 15 is 0 Å². The maximum absolute atomic E-state index is 10.9. The number of benzene rings is 1. The van der Waals surface area contributed by atoms with Crippen molar-refractivity contribution < 1.29 is 19.1 Å². The van der Waals surface area contributed by atoms with Crippen molar-refractivity contribution in [2.75, 3.05) is 7.11 Å². The fourth-order valence-electron chi connectivity index (χ4n) is 1.91. The standard InChI is InChI=1S/C14H15NO4/c1-9-13(14(16)17)19-12(15-9)8-7-10-5-3-4-6-11(10)18-2/h3-6H,7-8H2,1-2H3,(H,16,17). The van der Waals surface area contributed by atoms with Crippen molar-refractivity contribution >= 4 is 5.97 Å². The summed E-state index contributed by atoms with van der Waals surface area (Å²) in [6.45, 7) is 1.62. The lowest BCUT2D eigenvalue weighted by molar-refractivity contribution is 0.0659. The molecule has 19 heavy (non-hydrogen) atoms. The number of carbonyl (C=O) groups is 1. The van der Waals surface area contributed by atoms with E-state index in [9.17, 15) is 4.79 Å². The van der Waals surface area contributed by atoms with Gasteiger partial charge in [0, 0.05) is 6.42 Å². The number of hydrogen-bond donors (Lipinski definition) is 1. The molecule has 2 aromatic rings. The highest BCUT2D eigenvalue weighted by Gasteiger charge is 2.16. The Morgan fingerprint density at radius 3 is 2.74 bits per heavy atom. The van der Waals surface area contributed by atoms with Crippen LogP contribution >= 0.6 is 0 Å². The van der Waals surface area contributed by atoms with Crippen LogP contribution in [-0.4, -0.2) is 23.2 Å². The largest absolute Gasteiger partial charge is 0.496 e.